The minimum atomic E-state index is -0.537. The van der Waals surface area contributed by atoms with Crippen LogP contribution >= 0.6 is 0 Å². The van der Waals surface area contributed by atoms with E-state index >= 15 is 0 Å². The number of hydrogen-bond acceptors (Lipinski definition) is 2. The highest BCUT2D eigenvalue weighted by Crippen LogP contribution is 2.23. The van der Waals surface area contributed by atoms with E-state index in [0.29, 0.717) is 12.0 Å². The van der Waals surface area contributed by atoms with Crippen molar-refractivity contribution < 1.29 is 13.5 Å². The molecule has 0 saturated carbocycles. The second-order valence-corrected chi connectivity index (χ2v) is 5.36. The van der Waals surface area contributed by atoms with Crippen LogP contribution in [0.2, 0.25) is 0 Å². The molecule has 2 atom stereocenters. The van der Waals surface area contributed by atoms with Crippen molar-refractivity contribution in [2.24, 2.45) is 0 Å². The third-order valence-electron chi connectivity index (χ3n) is 3.91. The molecule has 1 rings (SSSR count). The van der Waals surface area contributed by atoms with Crippen LogP contribution in [-0.4, -0.2) is 25.3 Å². The van der Waals surface area contributed by atoms with Crippen molar-refractivity contribution in [3.63, 3.8) is 0 Å². The van der Waals surface area contributed by atoms with Crippen molar-refractivity contribution in [3.05, 3.63) is 35.4 Å². The predicted molar refractivity (Wildman–Crippen MR) is 77.8 cm³/mol. The molecule has 0 aliphatic heterocycles. The van der Waals surface area contributed by atoms with Crippen LogP contribution in [0.3, 0.4) is 0 Å². The van der Waals surface area contributed by atoms with E-state index in [1.54, 1.807) is 7.11 Å². The Morgan fingerprint density at radius 2 is 1.80 bits per heavy atom. The van der Waals surface area contributed by atoms with Crippen LogP contribution in [0.5, 0.6) is 0 Å². The van der Waals surface area contributed by atoms with E-state index in [2.05, 4.69) is 19.2 Å². The Balaban J connectivity index is 2.93. The van der Waals surface area contributed by atoms with Gasteiger partial charge >= 0.3 is 0 Å². The zero-order valence-corrected chi connectivity index (χ0v) is 12.8. The van der Waals surface area contributed by atoms with E-state index in [4.69, 9.17) is 4.74 Å². The first kappa shape index (κ1) is 17.1. The monoisotopic (exact) mass is 285 g/mol. The van der Waals surface area contributed by atoms with Gasteiger partial charge in [0.1, 0.15) is 11.6 Å². The first-order valence-electron chi connectivity index (χ1n) is 7.18. The molecule has 0 saturated heterocycles. The second kappa shape index (κ2) is 7.70. The van der Waals surface area contributed by atoms with Crippen molar-refractivity contribution in [2.75, 3.05) is 13.7 Å². The molecule has 2 unspecified atom stereocenters. The van der Waals surface area contributed by atoms with Gasteiger partial charge in [-0.15, -0.1) is 0 Å². The largest absolute Gasteiger partial charge is 0.377 e. The smallest absolute Gasteiger partial charge is 0.126 e. The van der Waals surface area contributed by atoms with Crippen LogP contribution in [-0.2, 0) is 11.2 Å². The van der Waals surface area contributed by atoms with Gasteiger partial charge < -0.3 is 10.1 Å². The summed E-state index contributed by atoms with van der Waals surface area (Å²) in [7, 11) is 1.68. The third-order valence-corrected chi connectivity index (χ3v) is 3.91. The number of rotatable bonds is 8. The molecule has 4 heteroatoms. The Kier molecular flexibility index (Phi) is 6.56. The van der Waals surface area contributed by atoms with E-state index in [-0.39, 0.29) is 11.6 Å². The SMILES string of the molecule is CCCNC(Cc1cc(F)cc(F)c1)C(C)(CC)OC. The maximum atomic E-state index is 13.3. The van der Waals surface area contributed by atoms with Crippen LogP contribution in [0.1, 0.15) is 39.2 Å². The first-order valence-corrected chi connectivity index (χ1v) is 7.18. The maximum absolute atomic E-state index is 13.3. The molecule has 1 N–H and O–H groups in total. The lowest BCUT2D eigenvalue weighted by atomic mass is 9.88. The summed E-state index contributed by atoms with van der Waals surface area (Å²) in [4.78, 5) is 0. The van der Waals surface area contributed by atoms with Gasteiger partial charge in [-0.25, -0.2) is 8.78 Å². The lowest BCUT2D eigenvalue weighted by Crippen LogP contribution is -2.51. The molecule has 20 heavy (non-hydrogen) atoms. The summed E-state index contributed by atoms with van der Waals surface area (Å²) in [6.07, 6.45) is 2.35. The number of halogens is 2. The van der Waals surface area contributed by atoms with E-state index in [1.807, 2.05) is 6.92 Å². The summed E-state index contributed by atoms with van der Waals surface area (Å²) in [5.74, 6) is -1.07. The topological polar surface area (TPSA) is 21.3 Å². The van der Waals surface area contributed by atoms with E-state index in [1.165, 1.54) is 12.1 Å². The third kappa shape index (κ3) is 4.53. The van der Waals surface area contributed by atoms with Crippen molar-refractivity contribution in [1.29, 1.82) is 0 Å². The summed E-state index contributed by atoms with van der Waals surface area (Å²) in [6.45, 7) is 7.01. The van der Waals surface area contributed by atoms with Gasteiger partial charge in [0.15, 0.2) is 0 Å². The van der Waals surface area contributed by atoms with E-state index < -0.39 is 11.6 Å². The summed E-state index contributed by atoms with van der Waals surface area (Å²) in [6, 6.07) is 3.68. The minimum Gasteiger partial charge on any atom is -0.377 e. The van der Waals surface area contributed by atoms with Crippen molar-refractivity contribution in [2.45, 2.75) is 51.7 Å². The molecule has 0 amide bonds. The van der Waals surface area contributed by atoms with Gasteiger partial charge in [0.2, 0.25) is 0 Å². The molecule has 0 fully saturated rings. The molecule has 0 radical (unpaired) electrons. The second-order valence-electron chi connectivity index (χ2n) is 5.36. The van der Waals surface area contributed by atoms with Gasteiger partial charge in [-0.2, -0.15) is 0 Å². The van der Waals surface area contributed by atoms with Gasteiger partial charge in [0, 0.05) is 19.2 Å². The Morgan fingerprint density at radius 1 is 1.20 bits per heavy atom. The quantitative estimate of drug-likeness (QED) is 0.786. The Labute approximate surface area is 120 Å². The van der Waals surface area contributed by atoms with Gasteiger partial charge in [-0.1, -0.05) is 13.8 Å². The van der Waals surface area contributed by atoms with Crippen LogP contribution in [0.15, 0.2) is 18.2 Å². The predicted octanol–water partition coefficient (Wildman–Crippen LogP) is 3.69. The number of nitrogens with one attached hydrogen (secondary N) is 1. The fraction of sp³-hybridized carbons (Fsp3) is 0.625. The molecule has 1 aromatic rings. The molecule has 1 aromatic carbocycles. The maximum Gasteiger partial charge on any atom is 0.126 e. The van der Waals surface area contributed by atoms with Gasteiger partial charge in [0.05, 0.1) is 5.60 Å². The lowest BCUT2D eigenvalue weighted by Gasteiger charge is -2.36. The molecule has 0 aromatic heterocycles. The Bertz CT molecular complexity index is 399. The first-order chi connectivity index (χ1) is 9.45. The zero-order chi connectivity index (χ0) is 15.2. The minimum absolute atomic E-state index is 0.0126. The average molecular weight is 285 g/mol. The molecule has 0 bridgehead atoms. The Morgan fingerprint density at radius 3 is 2.25 bits per heavy atom. The normalized spacial score (nSPS) is 15.9. The van der Waals surface area contributed by atoms with Crippen LogP contribution in [0.25, 0.3) is 0 Å². The highest BCUT2D eigenvalue weighted by Gasteiger charge is 2.32. The van der Waals surface area contributed by atoms with Crippen molar-refractivity contribution >= 4 is 0 Å². The summed E-state index contributed by atoms with van der Waals surface area (Å²) in [5, 5.41) is 3.43. The van der Waals surface area contributed by atoms with Crippen molar-refractivity contribution in [3.8, 4) is 0 Å². The van der Waals surface area contributed by atoms with Gasteiger partial charge in [-0.05, 0) is 50.4 Å². The summed E-state index contributed by atoms with van der Waals surface area (Å²) in [5.41, 5.74) is 0.283. The fourth-order valence-electron chi connectivity index (χ4n) is 2.32. The van der Waals surface area contributed by atoms with E-state index in [9.17, 15) is 8.78 Å². The number of hydrogen-bond donors (Lipinski definition) is 1. The van der Waals surface area contributed by atoms with E-state index in [0.717, 1.165) is 25.5 Å². The highest BCUT2D eigenvalue weighted by molar-refractivity contribution is 5.20. The average Bonchev–Trinajstić information content (AvgIpc) is 2.41. The summed E-state index contributed by atoms with van der Waals surface area (Å²) >= 11 is 0. The fourth-order valence-corrected chi connectivity index (χ4v) is 2.32. The Hall–Kier alpha value is -1.00. The van der Waals surface area contributed by atoms with Gasteiger partial charge in [0.25, 0.3) is 0 Å². The number of benzene rings is 1. The van der Waals surface area contributed by atoms with Crippen LogP contribution in [0.4, 0.5) is 8.78 Å². The molecular formula is C16H25F2NO. The molecule has 2 nitrogen and oxygen atoms in total. The molecule has 0 aliphatic rings. The zero-order valence-electron chi connectivity index (χ0n) is 12.8. The molecule has 0 aliphatic carbocycles. The highest BCUT2D eigenvalue weighted by atomic mass is 19.1. The van der Waals surface area contributed by atoms with Gasteiger partial charge in [-0.3, -0.25) is 0 Å². The lowest BCUT2D eigenvalue weighted by molar-refractivity contribution is -0.0287. The van der Waals surface area contributed by atoms with Crippen molar-refractivity contribution in [1.82, 2.24) is 5.32 Å². The van der Waals surface area contributed by atoms with Crippen LogP contribution in [0, 0.1) is 11.6 Å². The molecule has 0 spiro atoms. The summed E-state index contributed by atoms with van der Waals surface area (Å²) < 4.78 is 32.2. The number of methoxy groups -OCH3 is 1. The molecule has 114 valence electrons. The molecular weight excluding hydrogens is 260 g/mol. The number of ether oxygens (including phenoxy) is 1. The van der Waals surface area contributed by atoms with Crippen LogP contribution < -0.4 is 5.32 Å². The standard InChI is InChI=1S/C16H25F2NO/c1-5-7-19-15(16(3,6-2)20-4)10-12-8-13(17)11-14(18)9-12/h8-9,11,15,19H,5-7,10H2,1-4H3. The molecule has 0 heterocycles.